The lowest BCUT2D eigenvalue weighted by atomic mass is 10.1. The second-order valence-corrected chi connectivity index (χ2v) is 9.54. The van der Waals surface area contributed by atoms with Crippen LogP contribution in [0.5, 0.6) is 0 Å². The fraction of sp³-hybridized carbons (Fsp3) is 0.296. The number of carbonyl (C=O) groups excluding carboxylic acids is 1. The molecule has 0 atom stereocenters. The molecule has 0 bridgehead atoms. The molecule has 1 aliphatic heterocycles. The molecule has 0 spiro atoms. The number of halogens is 3. The molecule has 0 unspecified atom stereocenters. The van der Waals surface area contributed by atoms with Gasteiger partial charge in [0, 0.05) is 54.5 Å². The molecule has 39 heavy (non-hydrogen) atoms. The summed E-state index contributed by atoms with van der Waals surface area (Å²) in [6.45, 7) is 4.67. The molecule has 2 aromatic carbocycles. The first-order valence-electron chi connectivity index (χ1n) is 12.4. The van der Waals surface area contributed by atoms with E-state index in [2.05, 4.69) is 30.5 Å². The Balaban J connectivity index is 1.42. The number of aryl methyl sites for hydroxylation is 1. The monoisotopic (exact) mass is 536 g/mol. The van der Waals surface area contributed by atoms with Crippen molar-refractivity contribution < 1.29 is 18.0 Å². The molecule has 0 saturated carbocycles. The third kappa shape index (κ3) is 6.06. The van der Waals surface area contributed by atoms with Crippen LogP contribution in [-0.4, -0.2) is 69.0 Å². The van der Waals surface area contributed by atoms with Gasteiger partial charge in [0.1, 0.15) is 12.0 Å². The number of nitrogens with zero attached hydrogens (tertiary/aromatic N) is 7. The predicted molar refractivity (Wildman–Crippen MR) is 141 cm³/mol. The van der Waals surface area contributed by atoms with Gasteiger partial charge in [-0.25, -0.2) is 14.6 Å². The van der Waals surface area contributed by atoms with Crippen LogP contribution in [0.25, 0.3) is 16.9 Å². The number of anilines is 2. The maximum Gasteiger partial charge on any atom is 0.416 e. The molecule has 1 saturated heterocycles. The lowest BCUT2D eigenvalue weighted by Gasteiger charge is -2.24. The Kier molecular flexibility index (Phi) is 7.29. The highest BCUT2D eigenvalue weighted by Crippen LogP contribution is 2.34. The number of hydrogen-bond acceptors (Lipinski definition) is 7. The number of alkyl halides is 3. The van der Waals surface area contributed by atoms with Crippen molar-refractivity contribution in [2.75, 3.05) is 43.4 Å². The van der Waals surface area contributed by atoms with E-state index in [0.29, 0.717) is 41.4 Å². The molecule has 0 aliphatic carbocycles. The average Bonchev–Trinajstić information content (AvgIpc) is 3.31. The minimum absolute atomic E-state index is 0.0633. The van der Waals surface area contributed by atoms with E-state index in [1.165, 1.54) is 12.4 Å². The molecule has 0 radical (unpaired) electrons. The molecular weight excluding hydrogens is 509 g/mol. The molecule has 1 amide bonds. The molecule has 1 N–H and O–H groups in total. The fourth-order valence-electron chi connectivity index (χ4n) is 4.48. The summed E-state index contributed by atoms with van der Waals surface area (Å²) in [5.41, 5.74) is 2.66. The van der Waals surface area contributed by atoms with Gasteiger partial charge < -0.3 is 15.1 Å². The van der Waals surface area contributed by atoms with E-state index in [4.69, 9.17) is 0 Å². The number of amides is 1. The maximum atomic E-state index is 13.8. The standard InChI is InChI=1S/C27H27F3N8O/c1-18-4-5-22(13-25(18)38-16-24(34-35-38)20-14-31-17-32-15-20)33-26(39)19-10-21(27(28,29)30)12-23(11-19)37-7-3-6-36(2)8-9-37/h4-5,10-17H,3,6-9H2,1-2H3,(H,33,39). The highest BCUT2D eigenvalue weighted by molar-refractivity contribution is 6.05. The lowest BCUT2D eigenvalue weighted by molar-refractivity contribution is -0.137. The van der Waals surface area contributed by atoms with Crippen LogP contribution in [0.4, 0.5) is 24.5 Å². The summed E-state index contributed by atoms with van der Waals surface area (Å²) >= 11 is 0. The second-order valence-electron chi connectivity index (χ2n) is 9.54. The van der Waals surface area contributed by atoms with Crippen molar-refractivity contribution in [2.24, 2.45) is 0 Å². The summed E-state index contributed by atoms with van der Waals surface area (Å²) in [5.74, 6) is -0.634. The molecule has 2 aromatic heterocycles. The van der Waals surface area contributed by atoms with E-state index in [0.717, 1.165) is 37.2 Å². The van der Waals surface area contributed by atoms with E-state index in [9.17, 15) is 18.0 Å². The van der Waals surface area contributed by atoms with Gasteiger partial charge in [0.25, 0.3) is 5.91 Å². The van der Waals surface area contributed by atoms with E-state index in [-0.39, 0.29) is 5.56 Å². The molecule has 9 nitrogen and oxygen atoms in total. The smallest absolute Gasteiger partial charge is 0.370 e. The van der Waals surface area contributed by atoms with Crippen LogP contribution >= 0.6 is 0 Å². The zero-order valence-corrected chi connectivity index (χ0v) is 21.5. The third-order valence-corrected chi connectivity index (χ3v) is 6.66. The summed E-state index contributed by atoms with van der Waals surface area (Å²) in [5, 5.41) is 11.1. The molecular formula is C27H27F3N8O. The summed E-state index contributed by atoms with van der Waals surface area (Å²) in [6.07, 6.45) is 2.62. The Morgan fingerprint density at radius 1 is 1.00 bits per heavy atom. The van der Waals surface area contributed by atoms with Gasteiger partial charge in [-0.15, -0.1) is 5.10 Å². The highest BCUT2D eigenvalue weighted by Gasteiger charge is 2.32. The van der Waals surface area contributed by atoms with Gasteiger partial charge in [-0.3, -0.25) is 4.79 Å². The fourth-order valence-corrected chi connectivity index (χ4v) is 4.48. The molecule has 1 fully saturated rings. The van der Waals surface area contributed by atoms with E-state index >= 15 is 0 Å². The Bertz CT molecular complexity index is 1470. The first-order chi connectivity index (χ1) is 18.7. The van der Waals surface area contributed by atoms with Crippen LogP contribution < -0.4 is 10.2 Å². The van der Waals surface area contributed by atoms with Crippen molar-refractivity contribution in [1.29, 1.82) is 0 Å². The number of hydrogen-bond donors (Lipinski definition) is 1. The van der Waals surface area contributed by atoms with Gasteiger partial charge in [-0.05, 0) is 62.8 Å². The zero-order valence-electron chi connectivity index (χ0n) is 21.5. The Labute approximate surface area is 223 Å². The van der Waals surface area contributed by atoms with Crippen molar-refractivity contribution in [3.05, 3.63) is 78.0 Å². The van der Waals surface area contributed by atoms with Crippen LogP contribution in [0.2, 0.25) is 0 Å². The largest absolute Gasteiger partial charge is 0.416 e. The van der Waals surface area contributed by atoms with Crippen molar-refractivity contribution in [2.45, 2.75) is 19.5 Å². The lowest BCUT2D eigenvalue weighted by Crippen LogP contribution is -2.29. The number of aromatic nitrogens is 5. The van der Waals surface area contributed by atoms with Gasteiger partial charge in [0.15, 0.2) is 0 Å². The van der Waals surface area contributed by atoms with Crippen LogP contribution in [0, 0.1) is 6.92 Å². The van der Waals surface area contributed by atoms with Gasteiger partial charge in [0.05, 0.1) is 17.4 Å². The first kappa shape index (κ1) is 26.3. The summed E-state index contributed by atoms with van der Waals surface area (Å²) in [4.78, 5) is 25.2. The molecule has 1 aliphatic rings. The Morgan fingerprint density at radius 2 is 1.79 bits per heavy atom. The molecule has 5 rings (SSSR count). The SMILES string of the molecule is Cc1ccc(NC(=O)c2cc(N3CCCN(C)CC3)cc(C(F)(F)F)c2)cc1-n1cc(-c2cncnc2)nn1. The number of rotatable bonds is 5. The van der Waals surface area contributed by atoms with Crippen molar-refractivity contribution in [3.63, 3.8) is 0 Å². The summed E-state index contributed by atoms with van der Waals surface area (Å²) in [7, 11) is 1.99. The van der Waals surface area contributed by atoms with Gasteiger partial charge in [-0.1, -0.05) is 11.3 Å². The van der Waals surface area contributed by atoms with Crippen LogP contribution in [0.3, 0.4) is 0 Å². The molecule has 12 heteroatoms. The minimum Gasteiger partial charge on any atom is -0.370 e. The zero-order chi connectivity index (χ0) is 27.6. The van der Waals surface area contributed by atoms with Crippen LogP contribution in [0.15, 0.2) is 61.3 Å². The number of carbonyl (C=O) groups is 1. The van der Waals surface area contributed by atoms with Gasteiger partial charge in [-0.2, -0.15) is 13.2 Å². The Morgan fingerprint density at radius 3 is 2.56 bits per heavy atom. The maximum absolute atomic E-state index is 13.8. The minimum atomic E-state index is -4.58. The van der Waals surface area contributed by atoms with Crippen molar-refractivity contribution in [1.82, 2.24) is 29.9 Å². The molecule has 3 heterocycles. The quantitative estimate of drug-likeness (QED) is 0.403. The van der Waals surface area contributed by atoms with Crippen LogP contribution in [0.1, 0.15) is 27.9 Å². The average molecular weight is 537 g/mol. The predicted octanol–water partition coefficient (Wildman–Crippen LogP) is 4.45. The van der Waals surface area contributed by atoms with Crippen molar-refractivity contribution in [3.8, 4) is 16.9 Å². The number of likely N-dealkylation sites (N-methyl/N-ethyl adjacent to an activating group) is 1. The topological polar surface area (TPSA) is 92.1 Å². The van der Waals surface area contributed by atoms with E-state index < -0.39 is 17.6 Å². The molecule has 4 aromatic rings. The third-order valence-electron chi connectivity index (χ3n) is 6.66. The first-order valence-corrected chi connectivity index (χ1v) is 12.4. The normalized spacial score (nSPS) is 14.7. The van der Waals surface area contributed by atoms with E-state index in [1.807, 2.05) is 18.9 Å². The highest BCUT2D eigenvalue weighted by atomic mass is 19.4. The second kappa shape index (κ2) is 10.8. The number of nitrogens with one attached hydrogen (secondary N) is 1. The van der Waals surface area contributed by atoms with E-state index in [1.54, 1.807) is 41.5 Å². The van der Waals surface area contributed by atoms with Gasteiger partial charge in [0.2, 0.25) is 0 Å². The van der Waals surface area contributed by atoms with Crippen molar-refractivity contribution >= 4 is 17.3 Å². The number of benzene rings is 2. The molecule has 202 valence electrons. The summed E-state index contributed by atoms with van der Waals surface area (Å²) < 4.78 is 42.9. The summed E-state index contributed by atoms with van der Waals surface area (Å²) in [6, 6.07) is 8.72. The Hall–Kier alpha value is -4.32. The van der Waals surface area contributed by atoms with Gasteiger partial charge >= 0.3 is 6.18 Å². The van der Waals surface area contributed by atoms with Crippen LogP contribution in [-0.2, 0) is 6.18 Å².